The van der Waals surface area contributed by atoms with Gasteiger partial charge in [-0.1, -0.05) is 19.3 Å². The Balaban J connectivity index is 1.51. The van der Waals surface area contributed by atoms with Gasteiger partial charge in [-0.25, -0.2) is 14.6 Å². The van der Waals surface area contributed by atoms with Crippen molar-refractivity contribution in [3.8, 4) is 0 Å². The number of carbonyl (C=O) groups is 3. The number of rotatable bonds is 4. The zero-order valence-corrected chi connectivity index (χ0v) is 15.3. The van der Waals surface area contributed by atoms with Crippen molar-refractivity contribution in [3.63, 3.8) is 0 Å². The Hall–Kier alpha value is -2.48. The van der Waals surface area contributed by atoms with Crippen molar-refractivity contribution in [2.45, 2.75) is 51.2 Å². The van der Waals surface area contributed by atoms with Crippen molar-refractivity contribution in [1.29, 1.82) is 0 Å². The Kier molecular flexibility index (Phi) is 5.82. The second-order valence-electron chi connectivity index (χ2n) is 6.38. The van der Waals surface area contributed by atoms with Crippen LogP contribution in [0.15, 0.2) is 23.7 Å². The average molecular weight is 375 g/mol. The number of benzene rings is 1. The summed E-state index contributed by atoms with van der Waals surface area (Å²) < 4.78 is 6.03. The van der Waals surface area contributed by atoms with E-state index >= 15 is 0 Å². The number of aromatic nitrogens is 1. The summed E-state index contributed by atoms with van der Waals surface area (Å²) in [5, 5.41) is 5.03. The fourth-order valence-corrected chi connectivity index (χ4v) is 3.66. The number of fused-ring (bicyclic) bond motifs is 1. The lowest BCUT2D eigenvalue weighted by atomic mass is 9.96. The van der Waals surface area contributed by atoms with Crippen molar-refractivity contribution < 1.29 is 19.1 Å². The lowest BCUT2D eigenvalue weighted by Crippen LogP contribution is -2.48. The highest BCUT2D eigenvalue weighted by Gasteiger charge is 2.23. The van der Waals surface area contributed by atoms with Gasteiger partial charge in [0.2, 0.25) is 0 Å². The zero-order chi connectivity index (χ0) is 18.5. The molecule has 1 aliphatic carbocycles. The van der Waals surface area contributed by atoms with E-state index in [1.54, 1.807) is 23.7 Å². The highest BCUT2D eigenvalue weighted by molar-refractivity contribution is 7.16. The predicted octanol–water partition coefficient (Wildman–Crippen LogP) is 3.00. The molecule has 0 aliphatic heterocycles. The Morgan fingerprint density at radius 1 is 1.23 bits per heavy atom. The molecule has 8 heteroatoms. The molecule has 1 aromatic heterocycles. The number of carbonyl (C=O) groups excluding carboxylic acids is 3. The summed E-state index contributed by atoms with van der Waals surface area (Å²) in [4.78, 5) is 40.3. The van der Waals surface area contributed by atoms with Gasteiger partial charge in [-0.2, -0.15) is 0 Å². The maximum atomic E-state index is 12.2. The number of imide groups is 1. The third-order valence-corrected chi connectivity index (χ3v) is 5.19. The first-order valence-electron chi connectivity index (χ1n) is 8.68. The molecular formula is C18H21N3O4S. The number of amides is 3. The molecule has 0 spiro atoms. The van der Waals surface area contributed by atoms with Gasteiger partial charge in [0.1, 0.15) is 0 Å². The summed E-state index contributed by atoms with van der Waals surface area (Å²) in [6, 6.07) is 4.56. The van der Waals surface area contributed by atoms with E-state index in [0.717, 1.165) is 35.9 Å². The van der Waals surface area contributed by atoms with E-state index in [1.807, 2.05) is 0 Å². The van der Waals surface area contributed by atoms with Crippen LogP contribution in [-0.2, 0) is 9.53 Å². The third-order valence-electron chi connectivity index (χ3n) is 4.40. The number of urea groups is 1. The normalized spacial score (nSPS) is 16.0. The molecule has 26 heavy (non-hydrogen) atoms. The molecule has 1 aliphatic rings. The van der Waals surface area contributed by atoms with E-state index in [2.05, 4.69) is 15.6 Å². The average Bonchev–Trinajstić information content (AvgIpc) is 3.10. The predicted molar refractivity (Wildman–Crippen MR) is 98.0 cm³/mol. The van der Waals surface area contributed by atoms with E-state index in [9.17, 15) is 14.4 Å². The Morgan fingerprint density at radius 2 is 2.00 bits per heavy atom. The van der Waals surface area contributed by atoms with Crippen molar-refractivity contribution in [2.24, 2.45) is 0 Å². The molecule has 2 N–H and O–H groups in total. The van der Waals surface area contributed by atoms with Crippen LogP contribution in [0.25, 0.3) is 10.2 Å². The highest BCUT2D eigenvalue weighted by Crippen LogP contribution is 2.20. The Bertz CT molecular complexity index is 814. The summed E-state index contributed by atoms with van der Waals surface area (Å²) >= 11 is 1.42. The molecule has 2 aromatic rings. The first-order valence-corrected chi connectivity index (χ1v) is 9.56. The number of nitrogens with zero attached hydrogens (tertiary/aromatic N) is 1. The maximum Gasteiger partial charge on any atom is 0.338 e. The molecule has 1 fully saturated rings. The molecule has 138 valence electrons. The van der Waals surface area contributed by atoms with E-state index in [1.165, 1.54) is 24.7 Å². The number of thiazole rings is 1. The van der Waals surface area contributed by atoms with Gasteiger partial charge in [0.25, 0.3) is 5.91 Å². The van der Waals surface area contributed by atoms with Crippen LogP contribution < -0.4 is 10.6 Å². The van der Waals surface area contributed by atoms with Gasteiger partial charge >= 0.3 is 12.0 Å². The van der Waals surface area contributed by atoms with Gasteiger partial charge in [-0.15, -0.1) is 11.3 Å². The minimum atomic E-state index is -1.07. The molecule has 1 aromatic carbocycles. The number of ether oxygens (including phenoxy) is 1. The molecule has 7 nitrogen and oxygen atoms in total. The van der Waals surface area contributed by atoms with Crippen LogP contribution in [0.4, 0.5) is 4.79 Å². The smallest absolute Gasteiger partial charge is 0.338 e. The summed E-state index contributed by atoms with van der Waals surface area (Å²) in [6.07, 6.45) is 4.11. The molecule has 3 amide bonds. The lowest BCUT2D eigenvalue weighted by Gasteiger charge is -2.23. The van der Waals surface area contributed by atoms with Gasteiger partial charge in [0.05, 0.1) is 21.3 Å². The van der Waals surface area contributed by atoms with Crippen molar-refractivity contribution >= 4 is 39.5 Å². The first kappa shape index (κ1) is 18.3. The fraction of sp³-hybridized carbons (Fsp3) is 0.444. The van der Waals surface area contributed by atoms with E-state index in [4.69, 9.17) is 4.74 Å². The van der Waals surface area contributed by atoms with Crippen LogP contribution in [0.2, 0.25) is 0 Å². The zero-order valence-electron chi connectivity index (χ0n) is 14.5. The van der Waals surface area contributed by atoms with Gasteiger partial charge in [-0.05, 0) is 38.0 Å². The first-order chi connectivity index (χ1) is 12.5. The standard InChI is InChI=1S/C18H21N3O4S/c1-11(16(22)21-18(24)20-13-5-3-2-4-6-13)25-17(23)12-7-8-14-15(9-12)26-10-19-14/h7-11,13H,2-6H2,1H3,(H2,20,21,22,24)/t11-/m0/s1. The Labute approximate surface area is 155 Å². The van der Waals surface area contributed by atoms with Crippen LogP contribution in [0, 0.1) is 0 Å². The molecular weight excluding hydrogens is 354 g/mol. The summed E-state index contributed by atoms with van der Waals surface area (Å²) in [6.45, 7) is 1.44. The summed E-state index contributed by atoms with van der Waals surface area (Å²) in [5.74, 6) is -1.26. The monoisotopic (exact) mass is 375 g/mol. The van der Waals surface area contributed by atoms with Gasteiger partial charge in [0.15, 0.2) is 6.10 Å². The SMILES string of the molecule is C[C@H](OC(=O)c1ccc2ncsc2c1)C(=O)NC(=O)NC1CCCCC1. The van der Waals surface area contributed by atoms with E-state index in [0.29, 0.717) is 5.56 Å². The van der Waals surface area contributed by atoms with Crippen LogP contribution >= 0.6 is 11.3 Å². The molecule has 0 unspecified atom stereocenters. The highest BCUT2D eigenvalue weighted by atomic mass is 32.1. The quantitative estimate of drug-likeness (QED) is 0.801. The number of hydrogen-bond donors (Lipinski definition) is 2. The van der Waals surface area contributed by atoms with Crippen molar-refractivity contribution in [3.05, 3.63) is 29.3 Å². The van der Waals surface area contributed by atoms with Crippen LogP contribution in [-0.4, -0.2) is 35.0 Å². The fourth-order valence-electron chi connectivity index (χ4n) is 2.95. The van der Waals surface area contributed by atoms with Crippen LogP contribution in [0.1, 0.15) is 49.4 Å². The van der Waals surface area contributed by atoms with Gasteiger partial charge < -0.3 is 10.1 Å². The van der Waals surface area contributed by atoms with Crippen molar-refractivity contribution in [2.75, 3.05) is 0 Å². The molecule has 1 saturated carbocycles. The molecule has 0 bridgehead atoms. The van der Waals surface area contributed by atoms with E-state index < -0.39 is 24.0 Å². The number of esters is 1. The summed E-state index contributed by atoms with van der Waals surface area (Å²) in [5.41, 5.74) is 2.84. The number of hydrogen-bond acceptors (Lipinski definition) is 6. The Morgan fingerprint density at radius 3 is 2.77 bits per heavy atom. The van der Waals surface area contributed by atoms with Crippen molar-refractivity contribution in [1.82, 2.24) is 15.6 Å². The molecule has 3 rings (SSSR count). The minimum Gasteiger partial charge on any atom is -0.449 e. The third kappa shape index (κ3) is 4.57. The second-order valence-corrected chi connectivity index (χ2v) is 7.27. The largest absolute Gasteiger partial charge is 0.449 e. The molecule has 1 atom stereocenters. The maximum absolute atomic E-state index is 12.2. The van der Waals surface area contributed by atoms with Crippen LogP contribution in [0.3, 0.4) is 0 Å². The number of nitrogens with one attached hydrogen (secondary N) is 2. The van der Waals surface area contributed by atoms with Crippen LogP contribution in [0.5, 0.6) is 0 Å². The minimum absolute atomic E-state index is 0.0977. The molecule has 0 radical (unpaired) electrons. The topological polar surface area (TPSA) is 97.4 Å². The van der Waals surface area contributed by atoms with E-state index in [-0.39, 0.29) is 6.04 Å². The second kappa shape index (κ2) is 8.27. The molecule has 1 heterocycles. The molecule has 0 saturated heterocycles. The van der Waals surface area contributed by atoms with Gasteiger partial charge in [0, 0.05) is 6.04 Å². The summed E-state index contributed by atoms with van der Waals surface area (Å²) in [7, 11) is 0. The van der Waals surface area contributed by atoms with Gasteiger partial charge in [-0.3, -0.25) is 10.1 Å². The lowest BCUT2D eigenvalue weighted by molar-refractivity contribution is -0.127.